The Kier molecular flexibility index (Phi) is 21.0. The van der Waals surface area contributed by atoms with E-state index >= 15 is 0 Å². The zero-order valence-electron chi connectivity index (χ0n) is 46.5. The van der Waals surface area contributed by atoms with E-state index in [-0.39, 0.29) is 62.1 Å². The number of benzene rings is 5. The minimum Gasteiger partial charge on any atom is -0.376 e. The Labute approximate surface area is 485 Å². The number of nitrogens with zero attached hydrogens (tertiary/aromatic N) is 2. The molecule has 0 bridgehead atoms. The molecule has 6 atom stereocenters. The van der Waals surface area contributed by atoms with Crippen molar-refractivity contribution < 1.29 is 66.5 Å². The molecule has 8 rings (SSSR count). The maximum Gasteiger partial charge on any atom is 0.399 e. The van der Waals surface area contributed by atoms with Crippen molar-refractivity contribution in [2.75, 3.05) is 13.2 Å². The fourth-order valence-corrected chi connectivity index (χ4v) is 11.4. The first-order valence-electron chi connectivity index (χ1n) is 28.3. The van der Waals surface area contributed by atoms with Gasteiger partial charge in [-0.05, 0) is 83.8 Å². The van der Waals surface area contributed by atoms with Crippen molar-refractivity contribution in [2.45, 2.75) is 145 Å². The summed E-state index contributed by atoms with van der Waals surface area (Å²) in [5.41, 5.74) is 3.87. The van der Waals surface area contributed by atoms with E-state index in [9.17, 15) is 61.8 Å². The van der Waals surface area contributed by atoms with Gasteiger partial charge in [-0.3, -0.25) is 48.3 Å². The number of aliphatic hydroxyl groups excluding tert-OH is 1. The van der Waals surface area contributed by atoms with Gasteiger partial charge >= 0.3 is 13.3 Å². The summed E-state index contributed by atoms with van der Waals surface area (Å²) < 4.78 is 47.6. The lowest BCUT2D eigenvalue weighted by molar-refractivity contribution is -0.142. The van der Waals surface area contributed by atoms with Gasteiger partial charge in [-0.1, -0.05) is 135 Å². The summed E-state index contributed by atoms with van der Waals surface area (Å²) in [6, 6.07) is 26.1. The van der Waals surface area contributed by atoms with Crippen LogP contribution in [-0.4, -0.2) is 109 Å². The highest BCUT2D eigenvalue weighted by Crippen LogP contribution is 2.59. The number of nitrogens with one attached hydrogen (secondary N) is 4. The Morgan fingerprint density at radius 1 is 0.833 bits per heavy atom. The Morgan fingerprint density at radius 3 is 2.21 bits per heavy atom. The fourth-order valence-electron chi connectivity index (χ4n) is 10.9. The number of primary amides is 1. The number of carbonyl (C=O) groups excluding carboxylic acids is 7. The third kappa shape index (κ3) is 15.3. The lowest BCUT2D eigenvalue weighted by atomic mass is 9.98. The summed E-state index contributed by atoms with van der Waals surface area (Å²) in [5.74, 6) is 2.31. The van der Waals surface area contributed by atoms with Gasteiger partial charge in [0.05, 0.1) is 18.2 Å². The highest BCUT2D eigenvalue weighted by atomic mass is 31.2. The number of rotatable bonds is 25. The van der Waals surface area contributed by atoms with Gasteiger partial charge in [-0.25, -0.2) is 0 Å². The number of piperidine rings is 1. The van der Waals surface area contributed by atoms with Crippen molar-refractivity contribution in [3.63, 3.8) is 0 Å². The second kappa shape index (κ2) is 28.3. The van der Waals surface area contributed by atoms with Crippen molar-refractivity contribution in [3.05, 3.63) is 154 Å². The van der Waals surface area contributed by atoms with Crippen LogP contribution < -0.4 is 27.0 Å². The third-order valence-corrected chi connectivity index (χ3v) is 16.5. The average molecular weight is 1170 g/mol. The number of aliphatic hydroxyl groups is 1. The zero-order chi connectivity index (χ0) is 60.1. The number of carbonyl (C=O) groups is 7. The normalized spacial score (nSPS) is 18.8. The van der Waals surface area contributed by atoms with Gasteiger partial charge < -0.3 is 46.2 Å². The predicted molar refractivity (Wildman–Crippen MR) is 307 cm³/mol. The first kappa shape index (κ1) is 62.3. The molecule has 0 saturated carbocycles. The Bertz CT molecular complexity index is 3300. The molecule has 2 fully saturated rings. The summed E-state index contributed by atoms with van der Waals surface area (Å²) in [6.07, 6.45) is 3.25. The van der Waals surface area contributed by atoms with Crippen LogP contribution >= 0.6 is 7.60 Å². The van der Waals surface area contributed by atoms with Crippen molar-refractivity contribution >= 4 is 59.7 Å². The molecule has 5 aromatic rings. The van der Waals surface area contributed by atoms with Crippen molar-refractivity contribution in [1.29, 1.82) is 0 Å². The average Bonchev–Trinajstić information content (AvgIpc) is 4.25. The minimum atomic E-state index is -5.90. The van der Waals surface area contributed by atoms with Crippen LogP contribution in [0.4, 0.5) is 8.78 Å². The first-order chi connectivity index (χ1) is 40.2. The molecule has 0 aliphatic carbocycles. The van der Waals surface area contributed by atoms with E-state index in [1.165, 1.54) is 29.2 Å². The lowest BCUT2D eigenvalue weighted by Gasteiger charge is -2.31. The molecule has 444 valence electrons. The third-order valence-electron chi connectivity index (χ3n) is 15.5. The first-order valence-corrected chi connectivity index (χ1v) is 29.9. The van der Waals surface area contributed by atoms with Gasteiger partial charge in [0.1, 0.15) is 24.4 Å². The van der Waals surface area contributed by atoms with Gasteiger partial charge in [0.15, 0.2) is 0 Å². The largest absolute Gasteiger partial charge is 0.399 e. The highest BCUT2D eigenvalue weighted by molar-refractivity contribution is 7.52. The highest BCUT2D eigenvalue weighted by Gasteiger charge is 2.50. The van der Waals surface area contributed by atoms with Gasteiger partial charge in [-0.15, -0.1) is 0 Å². The molecule has 84 heavy (non-hydrogen) atoms. The number of hydrogen-bond acceptors (Lipinski definition) is 11. The summed E-state index contributed by atoms with van der Waals surface area (Å²) in [6.45, 7) is 2.42. The number of amides is 7. The Balaban J connectivity index is 0.948. The summed E-state index contributed by atoms with van der Waals surface area (Å²) in [7, 11) is -5.90. The van der Waals surface area contributed by atoms with Gasteiger partial charge in [-0.2, -0.15) is 8.78 Å². The molecule has 3 heterocycles. The van der Waals surface area contributed by atoms with Gasteiger partial charge in [0.2, 0.25) is 35.4 Å². The maximum atomic E-state index is 14.9. The second-order valence-corrected chi connectivity index (χ2v) is 23.1. The number of halogens is 2. The quantitative estimate of drug-likeness (QED) is 0.0132. The number of alkyl halides is 2. The van der Waals surface area contributed by atoms with Crippen molar-refractivity contribution in [1.82, 2.24) is 31.1 Å². The van der Waals surface area contributed by atoms with Crippen LogP contribution in [0, 0.1) is 11.8 Å². The lowest BCUT2D eigenvalue weighted by Crippen LogP contribution is -2.56. The van der Waals surface area contributed by atoms with Crippen molar-refractivity contribution in [2.24, 2.45) is 5.73 Å². The van der Waals surface area contributed by atoms with Crippen LogP contribution in [-0.2, 0) is 50.3 Å². The monoisotopic (exact) mass is 1170 g/mol. The van der Waals surface area contributed by atoms with E-state index in [0.29, 0.717) is 49.6 Å². The Hall–Kier alpha value is -7.70. The molecule has 2 saturated heterocycles. The van der Waals surface area contributed by atoms with E-state index in [0.717, 1.165) is 53.6 Å². The molecular formula is C62H70F2N7O12P. The predicted octanol–water partition coefficient (Wildman–Crippen LogP) is 6.61. The van der Waals surface area contributed by atoms with Gasteiger partial charge in [0.25, 0.3) is 5.91 Å². The molecular weight excluding hydrogens is 1100 g/mol. The van der Waals surface area contributed by atoms with Crippen LogP contribution in [0.25, 0.3) is 10.8 Å². The smallest absolute Gasteiger partial charge is 0.376 e. The number of unbranched alkanes of at least 4 members (excludes halogenated alkanes) is 5. The molecule has 7 amide bonds. The van der Waals surface area contributed by atoms with E-state index < -0.39 is 96.8 Å². The van der Waals surface area contributed by atoms with E-state index in [2.05, 4.69) is 33.1 Å². The maximum absolute atomic E-state index is 14.9. The molecule has 0 aromatic heterocycles. The number of fused-ring (bicyclic) bond motifs is 2. The summed E-state index contributed by atoms with van der Waals surface area (Å²) in [5, 5.41) is 22.6. The standard InChI is InChI=1S/C62H70F2N7O12P/c1-2-3-24-50(67-56(74)43-26-25-39-27-28-45(35-44(39)34-43)62(63,64)84(80,81)82)61(79)70-37-46(36-52(70)59(77)66-49(29-31-53(65)72)57(75)69-55(41-18-11-8-12-19-41)42-20-13-9-14-21-42)83-33-15-7-5-4-6-10-17-40-22-16-23-47-48(40)38-71(60(47)78)51-30-32-54(73)68-58(51)76/h8-9,11-14,16,18-23,25-28,34-35,46,49-52,55,60,78H,2-7,15,24,29-33,36-38H2,1H3,(H2,65,72)(H,66,77)(H,67,74)(H,69,75)(H,68,73,76)(H2,80,81,82)/t46-,49+,50+,51?,52+,60?/m1/s1. The van der Waals surface area contributed by atoms with Crippen LogP contribution in [0.5, 0.6) is 0 Å². The summed E-state index contributed by atoms with van der Waals surface area (Å²) in [4.78, 5) is 116. The number of nitrogens with two attached hydrogens (primary N) is 1. The number of imide groups is 1. The van der Waals surface area contributed by atoms with Gasteiger partial charge in [0, 0.05) is 67.6 Å². The number of likely N-dealkylation sites (tertiary alicyclic amines) is 1. The molecule has 0 spiro atoms. The summed E-state index contributed by atoms with van der Waals surface area (Å²) >= 11 is 0. The zero-order valence-corrected chi connectivity index (χ0v) is 47.4. The second-order valence-electron chi connectivity index (χ2n) is 21.4. The molecule has 22 heteroatoms. The van der Waals surface area contributed by atoms with Crippen LogP contribution in [0.1, 0.15) is 146 Å². The molecule has 0 radical (unpaired) electrons. The molecule has 2 unspecified atom stereocenters. The van der Waals surface area contributed by atoms with E-state index in [1.54, 1.807) is 4.90 Å². The van der Waals surface area contributed by atoms with E-state index in [4.69, 9.17) is 10.5 Å². The molecule has 9 N–H and O–H groups in total. The topological polar surface area (TPSA) is 287 Å². The molecule has 3 aliphatic heterocycles. The number of ether oxygens (including phenoxy) is 1. The van der Waals surface area contributed by atoms with Crippen molar-refractivity contribution in [3.8, 4) is 11.8 Å². The van der Waals surface area contributed by atoms with Crippen LogP contribution in [0.15, 0.2) is 115 Å². The molecule has 3 aliphatic rings. The molecule has 19 nitrogen and oxygen atoms in total. The Morgan fingerprint density at radius 2 is 1.54 bits per heavy atom. The minimum absolute atomic E-state index is 0.0141. The van der Waals surface area contributed by atoms with Crippen LogP contribution in [0.2, 0.25) is 0 Å². The fraction of sp³-hybridized carbons (Fsp3) is 0.403. The van der Waals surface area contributed by atoms with Crippen LogP contribution in [0.3, 0.4) is 0 Å². The van der Waals surface area contributed by atoms with E-state index in [1.807, 2.05) is 85.8 Å². The SMILES string of the molecule is CCCC[C@H](NC(=O)c1ccc2ccc(C(F)(F)P(=O)(O)O)cc2c1)C(=O)N1C[C@H](OCCCCCCC#Cc2cccc3c2CN(C2CCC(=O)NC2=O)C3O)C[C@H]1C(=O)N[C@@H](CCC(N)=O)C(=O)NC(c1ccccc1)c1ccccc1. The number of hydrogen-bond donors (Lipinski definition) is 8. The molecule has 5 aromatic carbocycles.